The van der Waals surface area contributed by atoms with E-state index in [0.717, 1.165) is 0 Å². The molecule has 0 aromatic heterocycles. The molecule has 0 bridgehead atoms. The van der Waals surface area contributed by atoms with E-state index in [-0.39, 0.29) is 5.71 Å². The van der Waals surface area contributed by atoms with Gasteiger partial charge in [-0.1, -0.05) is 66.3 Å². The quantitative estimate of drug-likeness (QED) is 0.343. The van der Waals surface area contributed by atoms with Crippen molar-refractivity contribution < 1.29 is 10.2 Å². The van der Waals surface area contributed by atoms with Gasteiger partial charge in [0.2, 0.25) is 0 Å². The predicted octanol–water partition coefficient (Wildman–Crippen LogP) is 3.05. The first kappa shape index (κ1) is 15.8. The number of halogens is 1. The fourth-order valence-corrected chi connectivity index (χ4v) is 2.51. The third-order valence-corrected chi connectivity index (χ3v) is 3.85. The maximum Gasteiger partial charge on any atom is 0.164 e. The Bertz CT molecular complexity index is 641. The first-order chi connectivity index (χ1) is 10.0. The summed E-state index contributed by atoms with van der Waals surface area (Å²) in [7, 11) is 0. The van der Waals surface area contributed by atoms with Crippen LogP contribution in [0, 0.1) is 11.3 Å². The van der Waals surface area contributed by atoms with Crippen LogP contribution in [0.4, 0.5) is 0 Å². The molecule has 0 saturated carbocycles. The topological polar surface area (TPSA) is 64.3 Å². The number of nitrogens with one attached hydrogen (secondary N) is 1. The molecule has 0 saturated heterocycles. The second-order valence-corrected chi connectivity index (χ2v) is 5.42. The van der Waals surface area contributed by atoms with Crippen molar-refractivity contribution in [3.8, 4) is 0 Å². The van der Waals surface area contributed by atoms with Crippen molar-refractivity contribution in [2.75, 3.05) is 0 Å². The molecule has 108 valence electrons. The molecule has 2 aromatic carbocycles. The lowest BCUT2D eigenvalue weighted by atomic mass is 9.90. The van der Waals surface area contributed by atoms with E-state index < -0.39 is 12.2 Å². The Kier molecular flexibility index (Phi) is 5.20. The summed E-state index contributed by atoms with van der Waals surface area (Å²) in [5, 5.41) is 28.0. The summed E-state index contributed by atoms with van der Waals surface area (Å²) in [6.07, 6.45) is -1.74. The van der Waals surface area contributed by atoms with Gasteiger partial charge in [0, 0.05) is 9.89 Å². The lowest BCUT2D eigenvalue weighted by molar-refractivity contribution is -0.0480. The van der Waals surface area contributed by atoms with Crippen LogP contribution in [0.1, 0.15) is 11.1 Å². The summed E-state index contributed by atoms with van der Waals surface area (Å²) in [4.78, 5) is 0.325. The van der Waals surface area contributed by atoms with Gasteiger partial charge in [-0.25, -0.2) is 0 Å². The van der Waals surface area contributed by atoms with Crippen molar-refractivity contribution in [1.29, 1.82) is 5.41 Å². The molecule has 1 unspecified atom stereocenters. The first-order valence-electron chi connectivity index (χ1n) is 6.30. The molecule has 3 N–H and O–H groups in total. The summed E-state index contributed by atoms with van der Waals surface area (Å²) in [6.45, 7) is 0. The van der Waals surface area contributed by atoms with Gasteiger partial charge in [0.15, 0.2) is 6.29 Å². The standard InChI is InChI=1S/C16H14ClNO2S/c17-12-8-6-10(7-9-12)14(18)13(16(19)20)15(21)11-4-2-1-3-5-11/h1-9,13,16,18-20H. The van der Waals surface area contributed by atoms with Crippen LogP contribution in [-0.2, 0) is 0 Å². The van der Waals surface area contributed by atoms with Gasteiger partial charge in [0.25, 0.3) is 0 Å². The SMILES string of the molecule is N=C(c1ccc(Cl)cc1)C(C(=S)c1ccccc1)C(O)O. The number of benzene rings is 2. The van der Waals surface area contributed by atoms with Crippen LogP contribution in [0.5, 0.6) is 0 Å². The van der Waals surface area contributed by atoms with Gasteiger partial charge < -0.3 is 15.6 Å². The number of thiocarbonyl (C=S) groups is 1. The van der Waals surface area contributed by atoms with Crippen molar-refractivity contribution in [2.24, 2.45) is 5.92 Å². The first-order valence-corrected chi connectivity index (χ1v) is 7.09. The van der Waals surface area contributed by atoms with E-state index in [1.54, 1.807) is 36.4 Å². The Morgan fingerprint density at radius 3 is 2.05 bits per heavy atom. The molecule has 0 spiro atoms. The van der Waals surface area contributed by atoms with Gasteiger partial charge in [0.1, 0.15) is 0 Å². The highest BCUT2D eigenvalue weighted by molar-refractivity contribution is 7.81. The molecule has 0 aliphatic heterocycles. The molecule has 21 heavy (non-hydrogen) atoms. The highest BCUT2D eigenvalue weighted by atomic mass is 35.5. The Labute approximate surface area is 133 Å². The molecule has 0 fully saturated rings. The maximum absolute atomic E-state index is 9.63. The van der Waals surface area contributed by atoms with Gasteiger partial charge in [-0.05, 0) is 23.3 Å². The molecular formula is C16H14ClNO2S. The fourth-order valence-electron chi connectivity index (χ4n) is 2.01. The Hall–Kier alpha value is -1.59. The maximum atomic E-state index is 9.63. The van der Waals surface area contributed by atoms with Crippen LogP contribution in [0.15, 0.2) is 54.6 Å². The molecule has 1 atom stereocenters. The monoisotopic (exact) mass is 319 g/mol. The van der Waals surface area contributed by atoms with E-state index >= 15 is 0 Å². The smallest absolute Gasteiger partial charge is 0.164 e. The van der Waals surface area contributed by atoms with Crippen LogP contribution in [0.25, 0.3) is 0 Å². The number of rotatable bonds is 5. The molecule has 2 rings (SSSR count). The molecule has 3 nitrogen and oxygen atoms in total. The molecule has 0 heterocycles. The van der Waals surface area contributed by atoms with Gasteiger partial charge in [-0.3, -0.25) is 0 Å². The Morgan fingerprint density at radius 1 is 0.952 bits per heavy atom. The van der Waals surface area contributed by atoms with Crippen molar-refractivity contribution in [1.82, 2.24) is 0 Å². The van der Waals surface area contributed by atoms with Crippen LogP contribution >= 0.6 is 23.8 Å². The zero-order valence-corrected chi connectivity index (χ0v) is 12.6. The molecule has 0 amide bonds. The van der Waals surface area contributed by atoms with Crippen molar-refractivity contribution in [2.45, 2.75) is 6.29 Å². The molecule has 0 radical (unpaired) electrons. The molecule has 0 aliphatic rings. The predicted molar refractivity (Wildman–Crippen MR) is 88.1 cm³/mol. The third-order valence-electron chi connectivity index (χ3n) is 3.11. The van der Waals surface area contributed by atoms with Crippen molar-refractivity contribution in [3.63, 3.8) is 0 Å². The highest BCUT2D eigenvalue weighted by Crippen LogP contribution is 2.20. The fraction of sp³-hybridized carbons (Fsp3) is 0.125. The van der Waals surface area contributed by atoms with Gasteiger partial charge in [-0.2, -0.15) is 0 Å². The zero-order chi connectivity index (χ0) is 15.4. The average Bonchev–Trinajstić information content (AvgIpc) is 2.48. The van der Waals surface area contributed by atoms with Gasteiger partial charge >= 0.3 is 0 Å². The van der Waals surface area contributed by atoms with E-state index in [1.165, 1.54) is 0 Å². The summed E-state index contributed by atoms with van der Waals surface area (Å²) in [5.74, 6) is -0.969. The number of hydrogen-bond acceptors (Lipinski definition) is 4. The highest BCUT2D eigenvalue weighted by Gasteiger charge is 2.28. The second-order valence-electron chi connectivity index (χ2n) is 4.54. The van der Waals surface area contributed by atoms with E-state index in [2.05, 4.69) is 0 Å². The summed E-state index contributed by atoms with van der Waals surface area (Å²) >= 11 is 11.2. The average molecular weight is 320 g/mol. The molecule has 0 aliphatic carbocycles. The van der Waals surface area contributed by atoms with Crippen molar-refractivity contribution >= 4 is 34.4 Å². The van der Waals surface area contributed by atoms with E-state index in [4.69, 9.17) is 29.2 Å². The molecular weight excluding hydrogens is 306 g/mol. The summed E-state index contributed by atoms with van der Waals surface area (Å²) in [6, 6.07) is 15.7. The number of hydrogen-bond donors (Lipinski definition) is 3. The van der Waals surface area contributed by atoms with E-state index in [9.17, 15) is 10.2 Å². The van der Waals surface area contributed by atoms with Crippen LogP contribution in [-0.4, -0.2) is 27.1 Å². The lowest BCUT2D eigenvalue weighted by Crippen LogP contribution is -2.34. The van der Waals surface area contributed by atoms with Crippen LogP contribution in [0.3, 0.4) is 0 Å². The Morgan fingerprint density at radius 2 is 1.52 bits per heavy atom. The van der Waals surface area contributed by atoms with Gasteiger partial charge in [0.05, 0.1) is 11.6 Å². The normalized spacial score (nSPS) is 12.2. The van der Waals surface area contributed by atoms with Crippen LogP contribution < -0.4 is 0 Å². The molecule has 2 aromatic rings. The second kappa shape index (κ2) is 6.91. The minimum atomic E-state index is -1.74. The third kappa shape index (κ3) is 3.74. The van der Waals surface area contributed by atoms with E-state index in [0.29, 0.717) is 21.0 Å². The Balaban J connectivity index is 2.33. The van der Waals surface area contributed by atoms with Crippen LogP contribution in [0.2, 0.25) is 5.02 Å². The lowest BCUT2D eigenvalue weighted by Gasteiger charge is -2.21. The van der Waals surface area contributed by atoms with E-state index in [1.807, 2.05) is 18.2 Å². The molecule has 5 heteroatoms. The summed E-state index contributed by atoms with van der Waals surface area (Å²) < 4.78 is 0. The minimum Gasteiger partial charge on any atom is -0.367 e. The number of aliphatic hydroxyl groups excluding tert-OH is 1. The minimum absolute atomic E-state index is 0.0514. The largest absolute Gasteiger partial charge is 0.367 e. The van der Waals surface area contributed by atoms with Crippen molar-refractivity contribution in [3.05, 3.63) is 70.7 Å². The summed E-state index contributed by atoms with van der Waals surface area (Å²) in [5.41, 5.74) is 1.30. The van der Waals surface area contributed by atoms with Gasteiger partial charge in [-0.15, -0.1) is 0 Å². The zero-order valence-electron chi connectivity index (χ0n) is 11.0. The number of aliphatic hydroxyl groups is 2.